The van der Waals surface area contributed by atoms with Crippen LogP contribution in [0.5, 0.6) is 0 Å². The van der Waals surface area contributed by atoms with Crippen LogP contribution in [0, 0.1) is 6.92 Å². The van der Waals surface area contributed by atoms with Gasteiger partial charge in [-0.1, -0.05) is 42.0 Å². The first kappa shape index (κ1) is 12.2. The van der Waals surface area contributed by atoms with Gasteiger partial charge in [-0.2, -0.15) is 0 Å². The Balaban J connectivity index is 1.80. The molecular formula is C18H15NO2. The number of para-hydroxylation sites is 1. The van der Waals surface area contributed by atoms with Gasteiger partial charge < -0.3 is 9.73 Å². The van der Waals surface area contributed by atoms with Crippen LogP contribution >= 0.6 is 0 Å². The molecule has 4 rings (SSSR count). The predicted molar refractivity (Wildman–Crippen MR) is 82.7 cm³/mol. The van der Waals surface area contributed by atoms with Crippen molar-refractivity contribution in [3.63, 3.8) is 0 Å². The Hall–Kier alpha value is -2.55. The van der Waals surface area contributed by atoms with Crippen molar-refractivity contribution in [2.75, 3.05) is 5.32 Å². The fourth-order valence-electron chi connectivity index (χ4n) is 2.89. The Bertz CT molecular complexity index is 830. The zero-order valence-electron chi connectivity index (χ0n) is 11.7. The summed E-state index contributed by atoms with van der Waals surface area (Å²) in [5.41, 5.74) is 3.93. The number of rotatable bonds is 1. The maximum absolute atomic E-state index is 12.4. The Morgan fingerprint density at radius 3 is 2.67 bits per heavy atom. The summed E-state index contributed by atoms with van der Waals surface area (Å²) in [5, 5.41) is 4.44. The smallest absolute Gasteiger partial charge is 0.202 e. The third-order valence-corrected chi connectivity index (χ3v) is 4.04. The fourth-order valence-corrected chi connectivity index (χ4v) is 2.89. The number of furan rings is 1. The van der Waals surface area contributed by atoms with Gasteiger partial charge >= 0.3 is 0 Å². The molecule has 0 spiro atoms. The lowest BCUT2D eigenvalue weighted by molar-refractivity contribution is 0.0946. The largest absolute Gasteiger partial charge is 0.451 e. The molecule has 1 atom stereocenters. The highest BCUT2D eigenvalue weighted by atomic mass is 16.3. The van der Waals surface area contributed by atoms with E-state index in [1.807, 2.05) is 24.3 Å². The molecule has 2 aromatic carbocycles. The summed E-state index contributed by atoms with van der Waals surface area (Å²) in [6.07, 6.45) is 0.426. The average molecular weight is 277 g/mol. The van der Waals surface area contributed by atoms with E-state index in [1.54, 1.807) is 0 Å². The van der Waals surface area contributed by atoms with Crippen LogP contribution in [-0.2, 0) is 0 Å². The Morgan fingerprint density at radius 1 is 1.10 bits per heavy atom. The van der Waals surface area contributed by atoms with Gasteiger partial charge in [0.25, 0.3) is 0 Å². The molecule has 1 aliphatic heterocycles. The van der Waals surface area contributed by atoms with Crippen molar-refractivity contribution in [3.05, 3.63) is 65.4 Å². The number of ketones is 1. The van der Waals surface area contributed by atoms with E-state index in [2.05, 4.69) is 36.5 Å². The molecule has 1 N–H and O–H groups in total. The summed E-state index contributed by atoms with van der Waals surface area (Å²) < 4.78 is 5.69. The number of hydrogen-bond donors (Lipinski definition) is 1. The van der Waals surface area contributed by atoms with Crippen LogP contribution in [0.3, 0.4) is 0 Å². The number of anilines is 1. The number of benzene rings is 2. The van der Waals surface area contributed by atoms with Crippen LogP contribution in [0.1, 0.15) is 34.1 Å². The molecule has 0 bridgehead atoms. The van der Waals surface area contributed by atoms with Crippen molar-refractivity contribution >= 4 is 22.4 Å². The minimum Gasteiger partial charge on any atom is -0.451 e. The average Bonchev–Trinajstić information content (AvgIpc) is 2.87. The van der Waals surface area contributed by atoms with Crippen LogP contribution in [0.2, 0.25) is 0 Å². The molecule has 0 saturated heterocycles. The van der Waals surface area contributed by atoms with Gasteiger partial charge in [0.05, 0.1) is 11.7 Å². The molecular weight excluding hydrogens is 262 g/mol. The molecule has 3 nitrogen and oxygen atoms in total. The number of fused-ring (bicyclic) bond motifs is 3. The SMILES string of the molecule is Cc1ccc(C2CC(=O)c3oc4ccccc4c3N2)cc1. The molecule has 0 aliphatic carbocycles. The summed E-state index contributed by atoms with van der Waals surface area (Å²) in [6.45, 7) is 2.06. The van der Waals surface area contributed by atoms with Crippen molar-refractivity contribution in [1.29, 1.82) is 0 Å². The number of aryl methyl sites for hydroxylation is 1. The Kier molecular flexibility index (Phi) is 2.61. The summed E-state index contributed by atoms with van der Waals surface area (Å²) in [5.74, 6) is 0.519. The Labute approximate surface area is 122 Å². The van der Waals surface area contributed by atoms with Gasteiger partial charge in [0, 0.05) is 11.8 Å². The third-order valence-electron chi connectivity index (χ3n) is 4.04. The normalized spacial score (nSPS) is 17.6. The molecule has 0 radical (unpaired) electrons. The van der Waals surface area contributed by atoms with Crippen LogP contribution in [0.15, 0.2) is 52.9 Å². The minimum atomic E-state index is 0.00612. The summed E-state index contributed by atoms with van der Waals surface area (Å²) in [6, 6.07) is 16.1. The zero-order chi connectivity index (χ0) is 14.4. The second-order valence-corrected chi connectivity index (χ2v) is 5.54. The third kappa shape index (κ3) is 1.93. The van der Waals surface area contributed by atoms with Gasteiger partial charge in [-0.3, -0.25) is 4.79 Å². The summed E-state index contributed by atoms with van der Waals surface area (Å²) in [4.78, 5) is 12.4. The molecule has 3 aromatic rings. The molecule has 0 amide bonds. The second kappa shape index (κ2) is 4.48. The number of hydrogen-bond acceptors (Lipinski definition) is 3. The lowest BCUT2D eigenvalue weighted by atomic mass is 9.95. The standard InChI is InChI=1S/C18H15NO2/c1-11-6-8-12(9-7-11)14-10-15(20)18-17(19-14)13-4-2-3-5-16(13)21-18/h2-9,14,19H,10H2,1H3. The van der Waals surface area contributed by atoms with Crippen molar-refractivity contribution in [1.82, 2.24) is 0 Å². The van der Waals surface area contributed by atoms with E-state index in [0.717, 1.165) is 22.2 Å². The van der Waals surface area contributed by atoms with E-state index in [4.69, 9.17) is 4.42 Å². The van der Waals surface area contributed by atoms with Crippen molar-refractivity contribution in [2.45, 2.75) is 19.4 Å². The van der Waals surface area contributed by atoms with Crippen LogP contribution < -0.4 is 5.32 Å². The first-order chi connectivity index (χ1) is 10.2. The van der Waals surface area contributed by atoms with Crippen LogP contribution in [-0.4, -0.2) is 5.78 Å². The number of nitrogens with one attached hydrogen (secondary N) is 1. The van der Waals surface area contributed by atoms with Gasteiger partial charge in [-0.25, -0.2) is 0 Å². The van der Waals surface area contributed by atoms with E-state index in [9.17, 15) is 4.79 Å². The summed E-state index contributed by atoms with van der Waals surface area (Å²) in [7, 11) is 0. The molecule has 104 valence electrons. The van der Waals surface area contributed by atoms with Gasteiger partial charge in [0.1, 0.15) is 5.58 Å². The van der Waals surface area contributed by atoms with Gasteiger partial charge in [-0.15, -0.1) is 0 Å². The maximum atomic E-state index is 12.4. The molecule has 1 aromatic heterocycles. The van der Waals surface area contributed by atoms with Crippen molar-refractivity contribution in [2.24, 2.45) is 0 Å². The molecule has 21 heavy (non-hydrogen) atoms. The number of carbonyl (C=O) groups excluding carboxylic acids is 1. The molecule has 0 fully saturated rings. The van der Waals surface area contributed by atoms with Gasteiger partial charge in [0.2, 0.25) is 5.78 Å². The first-order valence-corrected chi connectivity index (χ1v) is 7.10. The highest BCUT2D eigenvalue weighted by Gasteiger charge is 2.30. The summed E-state index contributed by atoms with van der Waals surface area (Å²) >= 11 is 0. The van der Waals surface area contributed by atoms with E-state index in [0.29, 0.717) is 12.2 Å². The molecule has 0 saturated carbocycles. The van der Waals surface area contributed by atoms with Crippen molar-refractivity contribution < 1.29 is 9.21 Å². The minimum absolute atomic E-state index is 0.00612. The number of Topliss-reactive ketones (excluding diaryl/α,β-unsaturated/α-hetero) is 1. The topological polar surface area (TPSA) is 42.2 Å². The van der Waals surface area contributed by atoms with E-state index in [1.165, 1.54) is 5.56 Å². The number of carbonyl (C=O) groups is 1. The maximum Gasteiger partial charge on any atom is 0.202 e. The van der Waals surface area contributed by atoms with Crippen LogP contribution in [0.4, 0.5) is 5.69 Å². The van der Waals surface area contributed by atoms with Crippen LogP contribution in [0.25, 0.3) is 11.0 Å². The molecule has 1 unspecified atom stereocenters. The lowest BCUT2D eigenvalue weighted by Gasteiger charge is -2.23. The fraction of sp³-hybridized carbons (Fsp3) is 0.167. The first-order valence-electron chi connectivity index (χ1n) is 7.10. The predicted octanol–water partition coefficient (Wildman–Crippen LogP) is 4.48. The zero-order valence-corrected chi connectivity index (χ0v) is 11.7. The highest BCUT2D eigenvalue weighted by molar-refractivity contribution is 6.09. The van der Waals surface area contributed by atoms with E-state index < -0.39 is 0 Å². The Morgan fingerprint density at radius 2 is 1.86 bits per heavy atom. The van der Waals surface area contributed by atoms with Gasteiger partial charge in [-0.05, 0) is 24.6 Å². The van der Waals surface area contributed by atoms with Crippen molar-refractivity contribution in [3.8, 4) is 0 Å². The molecule has 2 heterocycles. The molecule has 1 aliphatic rings. The lowest BCUT2D eigenvalue weighted by Crippen LogP contribution is -2.21. The van der Waals surface area contributed by atoms with Gasteiger partial charge in [0.15, 0.2) is 5.76 Å². The van der Waals surface area contributed by atoms with E-state index in [-0.39, 0.29) is 11.8 Å². The second-order valence-electron chi connectivity index (χ2n) is 5.54. The monoisotopic (exact) mass is 277 g/mol. The highest BCUT2D eigenvalue weighted by Crippen LogP contribution is 2.39. The quantitative estimate of drug-likeness (QED) is 0.713. The van der Waals surface area contributed by atoms with E-state index >= 15 is 0 Å². The molecule has 3 heteroatoms.